The standard InChI is InChI=1S/C16H12N2O2/c1-19-13-5-6-16(20-2)15(8-13)14-7-11(9-17)3-4-12(14)10-18/h3-8H,1-2H3. The zero-order chi connectivity index (χ0) is 14.5. The number of methoxy groups -OCH3 is 2. The van der Waals surface area contributed by atoms with Crippen molar-refractivity contribution in [3.05, 3.63) is 47.5 Å². The second-order valence-electron chi connectivity index (χ2n) is 4.05. The van der Waals surface area contributed by atoms with E-state index in [0.29, 0.717) is 28.2 Å². The lowest BCUT2D eigenvalue weighted by atomic mass is 9.97. The largest absolute Gasteiger partial charge is 0.497 e. The second-order valence-corrected chi connectivity index (χ2v) is 4.05. The van der Waals surface area contributed by atoms with Crippen molar-refractivity contribution in [3.8, 4) is 34.8 Å². The van der Waals surface area contributed by atoms with Crippen LogP contribution in [0.1, 0.15) is 11.1 Å². The van der Waals surface area contributed by atoms with Gasteiger partial charge in [-0.05, 0) is 36.4 Å². The van der Waals surface area contributed by atoms with Gasteiger partial charge in [-0.25, -0.2) is 0 Å². The van der Waals surface area contributed by atoms with Gasteiger partial charge < -0.3 is 9.47 Å². The number of hydrogen-bond acceptors (Lipinski definition) is 4. The Bertz CT molecular complexity index is 724. The summed E-state index contributed by atoms with van der Waals surface area (Å²) in [5, 5.41) is 18.2. The van der Waals surface area contributed by atoms with E-state index in [2.05, 4.69) is 12.1 Å². The average molecular weight is 264 g/mol. The summed E-state index contributed by atoms with van der Waals surface area (Å²) < 4.78 is 10.5. The van der Waals surface area contributed by atoms with Gasteiger partial charge in [0.1, 0.15) is 11.5 Å². The summed E-state index contributed by atoms with van der Waals surface area (Å²) in [5.41, 5.74) is 2.35. The molecular weight excluding hydrogens is 252 g/mol. The molecule has 4 nitrogen and oxygen atoms in total. The van der Waals surface area contributed by atoms with Crippen LogP contribution >= 0.6 is 0 Å². The Balaban J connectivity index is 2.73. The first-order valence-electron chi connectivity index (χ1n) is 5.90. The van der Waals surface area contributed by atoms with Gasteiger partial charge >= 0.3 is 0 Å². The molecule has 0 bridgehead atoms. The number of nitrogens with zero attached hydrogens (tertiary/aromatic N) is 2. The number of nitriles is 2. The van der Waals surface area contributed by atoms with Gasteiger partial charge in [-0.15, -0.1) is 0 Å². The Hall–Kier alpha value is -2.98. The molecule has 0 aromatic heterocycles. The molecule has 4 heteroatoms. The first-order chi connectivity index (χ1) is 9.73. The molecule has 2 aromatic carbocycles. The number of hydrogen-bond donors (Lipinski definition) is 0. The Morgan fingerprint density at radius 2 is 1.65 bits per heavy atom. The lowest BCUT2D eigenvalue weighted by Gasteiger charge is -2.12. The third kappa shape index (κ3) is 2.41. The Morgan fingerprint density at radius 3 is 2.25 bits per heavy atom. The summed E-state index contributed by atoms with van der Waals surface area (Å²) in [6.07, 6.45) is 0. The van der Waals surface area contributed by atoms with Crippen molar-refractivity contribution >= 4 is 0 Å². The van der Waals surface area contributed by atoms with Gasteiger partial charge in [-0.3, -0.25) is 0 Å². The van der Waals surface area contributed by atoms with Gasteiger partial charge in [0.15, 0.2) is 0 Å². The van der Waals surface area contributed by atoms with Crippen molar-refractivity contribution in [3.63, 3.8) is 0 Å². The molecule has 2 rings (SSSR count). The van der Waals surface area contributed by atoms with Crippen LogP contribution in [0.3, 0.4) is 0 Å². The van der Waals surface area contributed by atoms with E-state index < -0.39 is 0 Å². The molecule has 0 aliphatic carbocycles. The number of rotatable bonds is 3. The topological polar surface area (TPSA) is 66.0 Å². The molecule has 0 spiro atoms. The summed E-state index contributed by atoms with van der Waals surface area (Å²) in [7, 11) is 3.13. The predicted octanol–water partition coefficient (Wildman–Crippen LogP) is 3.11. The minimum atomic E-state index is 0.482. The van der Waals surface area contributed by atoms with E-state index in [1.54, 1.807) is 50.6 Å². The first kappa shape index (κ1) is 13.5. The molecule has 0 heterocycles. The van der Waals surface area contributed by atoms with E-state index in [-0.39, 0.29) is 0 Å². The third-order valence-electron chi connectivity index (χ3n) is 2.97. The van der Waals surface area contributed by atoms with Gasteiger partial charge in [-0.1, -0.05) is 0 Å². The van der Waals surface area contributed by atoms with Crippen LogP contribution in [0.4, 0.5) is 0 Å². The fourth-order valence-electron chi connectivity index (χ4n) is 1.96. The SMILES string of the molecule is COc1ccc(OC)c(-c2cc(C#N)ccc2C#N)c1. The molecule has 0 N–H and O–H groups in total. The molecule has 0 atom stereocenters. The molecule has 20 heavy (non-hydrogen) atoms. The zero-order valence-electron chi connectivity index (χ0n) is 11.2. The molecule has 0 saturated heterocycles. The Labute approximate surface area is 117 Å². The molecule has 2 aromatic rings. The molecule has 0 radical (unpaired) electrons. The molecular formula is C16H12N2O2. The van der Waals surface area contributed by atoms with Crippen molar-refractivity contribution in [1.29, 1.82) is 10.5 Å². The highest BCUT2D eigenvalue weighted by Crippen LogP contribution is 2.35. The van der Waals surface area contributed by atoms with Gasteiger partial charge in [0.25, 0.3) is 0 Å². The number of benzene rings is 2. The average Bonchev–Trinajstić information content (AvgIpc) is 2.53. The van der Waals surface area contributed by atoms with Crippen LogP contribution in [0.2, 0.25) is 0 Å². The quantitative estimate of drug-likeness (QED) is 0.854. The monoisotopic (exact) mass is 264 g/mol. The van der Waals surface area contributed by atoms with Crippen LogP contribution in [0.15, 0.2) is 36.4 Å². The molecule has 0 unspecified atom stereocenters. The zero-order valence-corrected chi connectivity index (χ0v) is 11.2. The molecule has 0 fully saturated rings. The van der Waals surface area contributed by atoms with Gasteiger partial charge in [0.2, 0.25) is 0 Å². The first-order valence-corrected chi connectivity index (χ1v) is 5.90. The second kappa shape index (κ2) is 5.77. The summed E-state index contributed by atoms with van der Waals surface area (Å²) in [5.74, 6) is 1.28. The van der Waals surface area contributed by atoms with Crippen LogP contribution in [-0.2, 0) is 0 Å². The fourth-order valence-corrected chi connectivity index (χ4v) is 1.96. The van der Waals surface area contributed by atoms with Crippen LogP contribution in [0, 0.1) is 22.7 Å². The lowest BCUT2D eigenvalue weighted by Crippen LogP contribution is -1.93. The predicted molar refractivity (Wildman–Crippen MR) is 74.4 cm³/mol. The van der Waals surface area contributed by atoms with E-state index in [1.807, 2.05) is 0 Å². The summed E-state index contributed by atoms with van der Waals surface area (Å²) in [4.78, 5) is 0. The number of ether oxygens (including phenoxy) is 2. The van der Waals surface area contributed by atoms with E-state index in [9.17, 15) is 5.26 Å². The van der Waals surface area contributed by atoms with Crippen LogP contribution in [0.25, 0.3) is 11.1 Å². The normalized spacial score (nSPS) is 9.40. The van der Waals surface area contributed by atoms with E-state index >= 15 is 0 Å². The van der Waals surface area contributed by atoms with Crippen molar-refractivity contribution in [2.24, 2.45) is 0 Å². The summed E-state index contributed by atoms with van der Waals surface area (Å²) >= 11 is 0. The van der Waals surface area contributed by atoms with E-state index in [0.717, 1.165) is 5.56 Å². The molecule has 0 saturated carbocycles. The minimum Gasteiger partial charge on any atom is -0.497 e. The lowest BCUT2D eigenvalue weighted by molar-refractivity contribution is 0.404. The van der Waals surface area contributed by atoms with Gasteiger partial charge in [0.05, 0.1) is 37.5 Å². The molecule has 0 amide bonds. The highest BCUT2D eigenvalue weighted by molar-refractivity contribution is 5.78. The highest BCUT2D eigenvalue weighted by atomic mass is 16.5. The maximum atomic E-state index is 9.23. The molecule has 0 aliphatic rings. The van der Waals surface area contributed by atoms with Crippen LogP contribution < -0.4 is 9.47 Å². The van der Waals surface area contributed by atoms with E-state index in [4.69, 9.17) is 14.7 Å². The van der Waals surface area contributed by atoms with E-state index in [1.165, 1.54) is 0 Å². The molecule has 98 valence electrons. The Kier molecular flexibility index (Phi) is 3.88. The maximum absolute atomic E-state index is 9.23. The van der Waals surface area contributed by atoms with Crippen molar-refractivity contribution in [2.45, 2.75) is 0 Å². The van der Waals surface area contributed by atoms with Crippen molar-refractivity contribution in [1.82, 2.24) is 0 Å². The Morgan fingerprint density at radius 1 is 0.850 bits per heavy atom. The highest BCUT2D eigenvalue weighted by Gasteiger charge is 2.12. The summed E-state index contributed by atoms with van der Waals surface area (Å²) in [6.45, 7) is 0. The molecule has 0 aliphatic heterocycles. The summed E-state index contributed by atoms with van der Waals surface area (Å²) in [6, 6.07) is 14.5. The van der Waals surface area contributed by atoms with Crippen LogP contribution in [0.5, 0.6) is 11.5 Å². The smallest absolute Gasteiger partial charge is 0.127 e. The van der Waals surface area contributed by atoms with Gasteiger partial charge in [0, 0.05) is 11.1 Å². The van der Waals surface area contributed by atoms with Crippen LogP contribution in [-0.4, -0.2) is 14.2 Å². The van der Waals surface area contributed by atoms with Crippen molar-refractivity contribution < 1.29 is 9.47 Å². The fraction of sp³-hybridized carbons (Fsp3) is 0.125. The third-order valence-corrected chi connectivity index (χ3v) is 2.97. The minimum absolute atomic E-state index is 0.482. The van der Waals surface area contributed by atoms with Gasteiger partial charge in [-0.2, -0.15) is 10.5 Å². The van der Waals surface area contributed by atoms with Crippen molar-refractivity contribution in [2.75, 3.05) is 14.2 Å². The maximum Gasteiger partial charge on any atom is 0.127 e.